The molecule has 0 heterocycles. The maximum atomic E-state index is 11.2. The zero-order valence-corrected chi connectivity index (χ0v) is 8.83. The Morgan fingerprint density at radius 3 is 2.64 bits per heavy atom. The number of thiol groups is 1. The standard InChI is InChI=1S/C10H15NO2S/c1-3-5-8(4-2)6-9(14)10(13)11-7-12/h3-5,9,12,14H,1-2,6-7H2,(H,11,13)/b8-5+. The van der Waals surface area contributed by atoms with Crippen LogP contribution in [0.1, 0.15) is 6.42 Å². The van der Waals surface area contributed by atoms with E-state index in [-0.39, 0.29) is 12.6 Å². The van der Waals surface area contributed by atoms with Crippen LogP contribution in [0.3, 0.4) is 0 Å². The number of hydrogen-bond acceptors (Lipinski definition) is 3. The topological polar surface area (TPSA) is 49.3 Å². The van der Waals surface area contributed by atoms with Crippen molar-refractivity contribution in [1.82, 2.24) is 5.32 Å². The van der Waals surface area contributed by atoms with Crippen molar-refractivity contribution in [3.63, 3.8) is 0 Å². The highest BCUT2D eigenvalue weighted by Gasteiger charge is 2.13. The first-order valence-corrected chi connectivity index (χ1v) is 4.68. The fourth-order valence-electron chi connectivity index (χ4n) is 0.882. The summed E-state index contributed by atoms with van der Waals surface area (Å²) in [6, 6.07) is 0. The molecule has 0 rings (SSSR count). The predicted molar refractivity (Wildman–Crippen MR) is 61.1 cm³/mol. The first-order chi connectivity index (χ1) is 6.65. The van der Waals surface area contributed by atoms with Crippen LogP contribution in [0.5, 0.6) is 0 Å². The molecule has 0 aromatic carbocycles. The van der Waals surface area contributed by atoms with Gasteiger partial charge in [-0.1, -0.05) is 31.4 Å². The van der Waals surface area contributed by atoms with Gasteiger partial charge in [-0.2, -0.15) is 12.6 Å². The fourth-order valence-corrected chi connectivity index (χ4v) is 1.18. The Hall–Kier alpha value is -1.00. The second-order valence-electron chi connectivity index (χ2n) is 2.60. The Kier molecular flexibility index (Phi) is 6.88. The third-order valence-corrected chi connectivity index (χ3v) is 2.00. The smallest absolute Gasteiger partial charge is 0.234 e. The molecule has 1 unspecified atom stereocenters. The number of aliphatic hydroxyl groups excluding tert-OH is 1. The van der Waals surface area contributed by atoms with Crippen LogP contribution in [0, 0.1) is 0 Å². The second-order valence-corrected chi connectivity index (χ2v) is 3.22. The van der Waals surface area contributed by atoms with Gasteiger partial charge in [0.1, 0.15) is 6.73 Å². The van der Waals surface area contributed by atoms with Gasteiger partial charge in [0.05, 0.1) is 5.25 Å². The lowest BCUT2D eigenvalue weighted by Gasteiger charge is -2.10. The monoisotopic (exact) mass is 213 g/mol. The zero-order valence-electron chi connectivity index (χ0n) is 7.94. The minimum Gasteiger partial charge on any atom is -0.377 e. The number of hydrogen-bond donors (Lipinski definition) is 3. The van der Waals surface area contributed by atoms with Crippen LogP contribution in [0.15, 0.2) is 37.0 Å². The quantitative estimate of drug-likeness (QED) is 0.351. The van der Waals surface area contributed by atoms with Gasteiger partial charge in [0.2, 0.25) is 5.91 Å². The van der Waals surface area contributed by atoms with E-state index in [0.29, 0.717) is 6.42 Å². The summed E-state index contributed by atoms with van der Waals surface area (Å²) >= 11 is 4.10. The molecule has 0 aliphatic rings. The van der Waals surface area contributed by atoms with E-state index in [2.05, 4.69) is 31.1 Å². The van der Waals surface area contributed by atoms with Crippen molar-refractivity contribution in [1.29, 1.82) is 0 Å². The van der Waals surface area contributed by atoms with Crippen molar-refractivity contribution >= 4 is 18.5 Å². The lowest BCUT2D eigenvalue weighted by molar-refractivity contribution is -0.121. The summed E-state index contributed by atoms with van der Waals surface area (Å²) in [6.07, 6.45) is 5.51. The Morgan fingerprint density at radius 2 is 2.21 bits per heavy atom. The maximum absolute atomic E-state index is 11.2. The number of carbonyl (C=O) groups is 1. The highest BCUT2D eigenvalue weighted by atomic mass is 32.1. The van der Waals surface area contributed by atoms with E-state index in [1.54, 1.807) is 18.2 Å². The van der Waals surface area contributed by atoms with Gasteiger partial charge in [-0.3, -0.25) is 4.79 Å². The van der Waals surface area contributed by atoms with E-state index in [0.717, 1.165) is 5.57 Å². The Balaban J connectivity index is 4.21. The van der Waals surface area contributed by atoms with Crippen LogP contribution in [0.25, 0.3) is 0 Å². The van der Waals surface area contributed by atoms with Crippen molar-refractivity contribution < 1.29 is 9.90 Å². The minimum absolute atomic E-state index is 0.298. The van der Waals surface area contributed by atoms with E-state index >= 15 is 0 Å². The summed E-state index contributed by atoms with van der Waals surface area (Å²) in [7, 11) is 0. The molecular formula is C10H15NO2S. The number of carbonyl (C=O) groups excluding carboxylic acids is 1. The molecule has 0 radical (unpaired) electrons. The van der Waals surface area contributed by atoms with Gasteiger partial charge in [0.15, 0.2) is 0 Å². The van der Waals surface area contributed by atoms with Gasteiger partial charge in [0, 0.05) is 0 Å². The normalized spacial score (nSPS) is 13.1. The molecular weight excluding hydrogens is 198 g/mol. The summed E-state index contributed by atoms with van der Waals surface area (Å²) in [5, 5.41) is 10.3. The minimum atomic E-state index is -0.480. The summed E-state index contributed by atoms with van der Waals surface area (Å²) in [6.45, 7) is 6.78. The van der Waals surface area contributed by atoms with E-state index in [9.17, 15) is 4.79 Å². The number of amides is 1. The highest BCUT2D eigenvalue weighted by Crippen LogP contribution is 2.11. The molecule has 1 atom stereocenters. The zero-order chi connectivity index (χ0) is 11.0. The fraction of sp³-hybridized carbons (Fsp3) is 0.300. The molecule has 0 spiro atoms. The summed E-state index contributed by atoms with van der Waals surface area (Å²) < 4.78 is 0. The molecule has 0 aliphatic heterocycles. The van der Waals surface area contributed by atoms with E-state index in [1.165, 1.54) is 0 Å². The van der Waals surface area contributed by atoms with Crippen LogP contribution in [-0.2, 0) is 4.79 Å². The van der Waals surface area contributed by atoms with Gasteiger partial charge in [-0.15, -0.1) is 0 Å². The number of rotatable bonds is 6. The molecule has 78 valence electrons. The highest BCUT2D eigenvalue weighted by molar-refractivity contribution is 7.81. The van der Waals surface area contributed by atoms with Crippen molar-refractivity contribution in [2.75, 3.05) is 6.73 Å². The average Bonchev–Trinajstić information content (AvgIpc) is 2.17. The molecule has 0 aliphatic carbocycles. The Bertz CT molecular complexity index is 249. The molecule has 4 heteroatoms. The van der Waals surface area contributed by atoms with E-state index in [4.69, 9.17) is 5.11 Å². The molecule has 0 saturated heterocycles. The number of allylic oxidation sites excluding steroid dienone is 4. The second kappa shape index (κ2) is 7.41. The van der Waals surface area contributed by atoms with E-state index < -0.39 is 5.25 Å². The Morgan fingerprint density at radius 1 is 1.57 bits per heavy atom. The molecule has 0 aromatic rings. The van der Waals surface area contributed by atoms with Crippen LogP contribution < -0.4 is 5.32 Å². The summed E-state index contributed by atoms with van der Waals surface area (Å²) in [5.41, 5.74) is 0.882. The molecule has 0 aromatic heterocycles. The molecule has 2 N–H and O–H groups in total. The first-order valence-electron chi connectivity index (χ1n) is 4.16. The van der Waals surface area contributed by atoms with Crippen molar-refractivity contribution in [2.45, 2.75) is 11.7 Å². The molecule has 1 amide bonds. The predicted octanol–water partition coefficient (Wildman–Crippen LogP) is 1.04. The van der Waals surface area contributed by atoms with Crippen LogP contribution in [0.4, 0.5) is 0 Å². The van der Waals surface area contributed by atoms with Crippen LogP contribution in [0.2, 0.25) is 0 Å². The number of aliphatic hydroxyl groups is 1. The third-order valence-electron chi connectivity index (χ3n) is 1.58. The number of nitrogens with one attached hydrogen (secondary N) is 1. The lowest BCUT2D eigenvalue weighted by Crippen LogP contribution is -2.32. The average molecular weight is 213 g/mol. The molecule has 0 bridgehead atoms. The SMILES string of the molecule is C=C/C=C(\C=C)CC(S)C(=O)NCO. The first kappa shape index (κ1) is 13.0. The van der Waals surface area contributed by atoms with Crippen molar-refractivity contribution in [2.24, 2.45) is 0 Å². The lowest BCUT2D eigenvalue weighted by atomic mass is 10.1. The third kappa shape index (κ3) is 4.89. The molecule has 0 fully saturated rings. The Labute approximate surface area is 89.6 Å². The largest absolute Gasteiger partial charge is 0.377 e. The van der Waals surface area contributed by atoms with Gasteiger partial charge in [-0.25, -0.2) is 0 Å². The molecule has 3 nitrogen and oxygen atoms in total. The van der Waals surface area contributed by atoms with Gasteiger partial charge in [-0.05, 0) is 12.0 Å². The van der Waals surface area contributed by atoms with Crippen molar-refractivity contribution in [3.05, 3.63) is 37.0 Å². The molecule has 14 heavy (non-hydrogen) atoms. The summed E-state index contributed by atoms with van der Waals surface area (Å²) in [4.78, 5) is 11.2. The van der Waals surface area contributed by atoms with Crippen LogP contribution >= 0.6 is 12.6 Å². The van der Waals surface area contributed by atoms with Gasteiger partial charge in [0.25, 0.3) is 0 Å². The van der Waals surface area contributed by atoms with E-state index in [1.807, 2.05) is 0 Å². The van der Waals surface area contributed by atoms with Crippen LogP contribution in [-0.4, -0.2) is 23.0 Å². The van der Waals surface area contributed by atoms with Gasteiger partial charge >= 0.3 is 0 Å². The summed E-state index contributed by atoms with van der Waals surface area (Å²) in [5.74, 6) is -0.298. The maximum Gasteiger partial charge on any atom is 0.234 e. The molecule has 0 saturated carbocycles. The van der Waals surface area contributed by atoms with Gasteiger partial charge < -0.3 is 10.4 Å². The van der Waals surface area contributed by atoms with Crippen molar-refractivity contribution in [3.8, 4) is 0 Å².